The number of pyridine rings is 2. The van der Waals surface area contributed by atoms with Crippen molar-refractivity contribution in [3.63, 3.8) is 0 Å². The summed E-state index contributed by atoms with van der Waals surface area (Å²) >= 11 is 0. The van der Waals surface area contributed by atoms with E-state index in [0.29, 0.717) is 22.4 Å². The smallest absolute Gasteiger partial charge is 0.293 e. The number of nitrogens with one attached hydrogen (secondary N) is 1. The summed E-state index contributed by atoms with van der Waals surface area (Å²) in [5.74, 6) is -2.68. The summed E-state index contributed by atoms with van der Waals surface area (Å²) in [4.78, 5) is 36.9. The molecule has 2 heterocycles. The number of nitriles is 2. The van der Waals surface area contributed by atoms with E-state index in [4.69, 9.17) is 35.3 Å². The Bertz CT molecular complexity index is 2470. The van der Waals surface area contributed by atoms with Gasteiger partial charge in [-0.3, -0.25) is 19.4 Å². The zero-order chi connectivity index (χ0) is 41.4. The number of carbonyl (C=O) groups excluding carboxylic acids is 2. The molecule has 12 nitrogen and oxygen atoms in total. The summed E-state index contributed by atoms with van der Waals surface area (Å²) in [6.07, 6.45) is 2.87. The van der Waals surface area contributed by atoms with Gasteiger partial charge in [0.05, 0.1) is 17.2 Å². The maximum Gasteiger partial charge on any atom is 0.293 e. The predicted octanol–water partition coefficient (Wildman–Crippen LogP) is 7.09. The maximum absolute atomic E-state index is 13.4. The average Bonchev–Trinajstić information content (AvgIpc) is 3.23. The Morgan fingerprint density at radius 1 is 0.638 bits per heavy atom. The molecule has 0 saturated carbocycles. The van der Waals surface area contributed by atoms with E-state index >= 15 is 0 Å². The third-order valence-electron chi connectivity index (χ3n) is 7.74. The number of hydroxylamine groups is 1. The number of rotatable bonds is 14. The SMILES string of the molecule is N#Cc1cc(F)cc(OCCONC(=O)c2cc(-c3ccc(F)cc3)ccn2)c1.N#Cc1cc(OCCOc2c(-c3ccc(F)cc3)ccnc2C(N)=O)ccc1F. The molecule has 58 heavy (non-hydrogen) atoms. The number of hydrogen-bond acceptors (Lipinski definition) is 10. The van der Waals surface area contributed by atoms with Crippen molar-refractivity contribution in [2.75, 3.05) is 26.4 Å². The van der Waals surface area contributed by atoms with Gasteiger partial charge in [-0.05, 0) is 83.4 Å². The summed E-state index contributed by atoms with van der Waals surface area (Å²) < 4.78 is 69.4. The molecule has 0 fully saturated rings. The highest BCUT2D eigenvalue weighted by Gasteiger charge is 2.18. The lowest BCUT2D eigenvalue weighted by molar-refractivity contribution is 0.0196. The molecule has 16 heteroatoms. The summed E-state index contributed by atoms with van der Waals surface area (Å²) in [7, 11) is 0. The maximum atomic E-state index is 13.4. The van der Waals surface area contributed by atoms with E-state index in [1.165, 1.54) is 54.9 Å². The third kappa shape index (κ3) is 11.6. The molecule has 4 aromatic carbocycles. The van der Waals surface area contributed by atoms with Crippen LogP contribution in [0.4, 0.5) is 17.6 Å². The molecule has 6 aromatic rings. The van der Waals surface area contributed by atoms with Gasteiger partial charge in [-0.25, -0.2) is 28.0 Å². The Morgan fingerprint density at radius 2 is 1.29 bits per heavy atom. The van der Waals surface area contributed by atoms with Crippen LogP contribution in [0.5, 0.6) is 17.2 Å². The van der Waals surface area contributed by atoms with Gasteiger partial charge >= 0.3 is 0 Å². The van der Waals surface area contributed by atoms with Gasteiger partial charge in [0.25, 0.3) is 11.8 Å². The second kappa shape index (κ2) is 20.2. The number of ether oxygens (including phenoxy) is 3. The first-order valence-corrected chi connectivity index (χ1v) is 17.0. The zero-order valence-electron chi connectivity index (χ0n) is 30.1. The fourth-order valence-electron chi connectivity index (χ4n) is 5.07. The Morgan fingerprint density at radius 3 is 1.98 bits per heavy atom. The van der Waals surface area contributed by atoms with Crippen LogP contribution in [0.1, 0.15) is 32.1 Å². The topological polar surface area (TPSA) is 182 Å². The summed E-state index contributed by atoms with van der Waals surface area (Å²) in [5, 5.41) is 17.7. The van der Waals surface area contributed by atoms with E-state index in [0.717, 1.165) is 23.8 Å². The van der Waals surface area contributed by atoms with E-state index in [1.54, 1.807) is 48.5 Å². The first-order valence-electron chi connectivity index (χ1n) is 17.0. The van der Waals surface area contributed by atoms with Gasteiger partial charge in [-0.15, -0.1) is 0 Å². The van der Waals surface area contributed by atoms with Crippen molar-refractivity contribution in [1.82, 2.24) is 15.4 Å². The van der Waals surface area contributed by atoms with Gasteiger partial charge in [-0.1, -0.05) is 24.3 Å². The van der Waals surface area contributed by atoms with Crippen LogP contribution in [0, 0.1) is 45.9 Å². The molecule has 0 atom stereocenters. The van der Waals surface area contributed by atoms with Gasteiger partial charge < -0.3 is 19.9 Å². The highest BCUT2D eigenvalue weighted by molar-refractivity contribution is 5.96. The number of nitrogens with zero attached hydrogens (tertiary/aromatic N) is 4. The van der Waals surface area contributed by atoms with Crippen molar-refractivity contribution >= 4 is 11.8 Å². The fourth-order valence-corrected chi connectivity index (χ4v) is 5.07. The molecule has 292 valence electrons. The lowest BCUT2D eigenvalue weighted by Gasteiger charge is -2.14. The van der Waals surface area contributed by atoms with Crippen LogP contribution < -0.4 is 25.4 Å². The zero-order valence-corrected chi connectivity index (χ0v) is 30.1. The minimum Gasteiger partial charge on any atom is -0.491 e. The Kier molecular flexibility index (Phi) is 14.4. The summed E-state index contributed by atoms with van der Waals surface area (Å²) in [6.45, 7) is 0.0747. The number of hydrogen-bond donors (Lipinski definition) is 2. The van der Waals surface area contributed by atoms with Crippen molar-refractivity contribution in [2.45, 2.75) is 0 Å². The molecular weight excluding hydrogens is 760 g/mol. The monoisotopic (exact) mass is 790 g/mol. The minimum absolute atomic E-state index is 0.0121. The minimum atomic E-state index is -0.776. The van der Waals surface area contributed by atoms with Crippen LogP contribution in [0.25, 0.3) is 22.3 Å². The van der Waals surface area contributed by atoms with Gasteiger partial charge in [0.15, 0.2) is 11.4 Å². The van der Waals surface area contributed by atoms with E-state index < -0.39 is 29.3 Å². The molecule has 0 radical (unpaired) electrons. The van der Waals surface area contributed by atoms with Crippen LogP contribution in [0.15, 0.2) is 116 Å². The van der Waals surface area contributed by atoms with Gasteiger partial charge in [0.2, 0.25) is 0 Å². The molecule has 0 aliphatic carbocycles. The number of aromatic nitrogens is 2. The molecule has 3 N–H and O–H groups in total. The van der Waals surface area contributed by atoms with Crippen molar-refractivity contribution in [1.29, 1.82) is 10.5 Å². The normalized spacial score (nSPS) is 10.2. The molecule has 0 aliphatic rings. The Hall–Kier alpha value is -7.82. The molecule has 0 spiro atoms. The van der Waals surface area contributed by atoms with Crippen LogP contribution >= 0.6 is 0 Å². The fraction of sp³-hybridized carbons (Fsp3) is 0.0952. The number of primary amides is 1. The molecular formula is C42H30F4N6O6. The Balaban J connectivity index is 0.000000221. The number of nitrogens with two attached hydrogens (primary N) is 1. The second-order valence-electron chi connectivity index (χ2n) is 11.7. The second-order valence-corrected chi connectivity index (χ2v) is 11.7. The molecule has 2 aromatic heterocycles. The largest absolute Gasteiger partial charge is 0.491 e. The average molecular weight is 791 g/mol. The van der Waals surface area contributed by atoms with E-state index in [-0.39, 0.29) is 66.3 Å². The first-order chi connectivity index (χ1) is 28.0. The van der Waals surface area contributed by atoms with E-state index in [2.05, 4.69) is 15.4 Å². The predicted molar refractivity (Wildman–Crippen MR) is 200 cm³/mol. The van der Waals surface area contributed by atoms with Gasteiger partial charge in [0.1, 0.15) is 73.0 Å². The number of benzene rings is 4. The van der Waals surface area contributed by atoms with Crippen LogP contribution in [0.2, 0.25) is 0 Å². The van der Waals surface area contributed by atoms with Crippen LogP contribution in [-0.2, 0) is 4.84 Å². The molecule has 0 saturated heterocycles. The van der Waals surface area contributed by atoms with E-state index in [1.807, 2.05) is 6.07 Å². The molecule has 2 amide bonds. The Labute approximate surface area is 328 Å². The van der Waals surface area contributed by atoms with Crippen molar-refractivity contribution in [2.24, 2.45) is 5.73 Å². The number of carbonyl (C=O) groups is 2. The third-order valence-corrected chi connectivity index (χ3v) is 7.74. The summed E-state index contributed by atoms with van der Waals surface area (Å²) in [5.41, 5.74) is 10.3. The highest BCUT2D eigenvalue weighted by atomic mass is 19.1. The van der Waals surface area contributed by atoms with Crippen molar-refractivity contribution < 1.29 is 46.2 Å². The number of amides is 2. The first kappa shape index (κ1) is 41.3. The molecule has 0 unspecified atom stereocenters. The highest BCUT2D eigenvalue weighted by Crippen LogP contribution is 2.32. The van der Waals surface area contributed by atoms with Crippen molar-refractivity contribution in [3.05, 3.63) is 161 Å². The quantitative estimate of drug-likeness (QED) is 0.0656. The molecule has 0 bridgehead atoms. The van der Waals surface area contributed by atoms with Crippen molar-refractivity contribution in [3.8, 4) is 51.6 Å². The molecule has 6 rings (SSSR count). The summed E-state index contributed by atoms with van der Waals surface area (Å²) in [6, 6.07) is 27.4. The lowest BCUT2D eigenvalue weighted by Crippen LogP contribution is -2.26. The van der Waals surface area contributed by atoms with E-state index in [9.17, 15) is 27.2 Å². The van der Waals surface area contributed by atoms with Gasteiger partial charge in [-0.2, -0.15) is 10.5 Å². The van der Waals surface area contributed by atoms with Gasteiger partial charge in [0, 0.05) is 30.1 Å². The molecule has 0 aliphatic heterocycles. The van der Waals surface area contributed by atoms with Crippen LogP contribution in [-0.4, -0.2) is 48.2 Å². The van der Waals surface area contributed by atoms with Crippen LogP contribution in [0.3, 0.4) is 0 Å². The lowest BCUT2D eigenvalue weighted by atomic mass is 10.0. The number of halogens is 4. The standard InChI is InChI=1S/2C21H15F2N3O3/c22-17-3-1-15(2-4-17)16-5-6-25-20(11-16)21(27)26-29-8-7-28-19-10-14(13-24)9-18(23)12-19;22-15-3-1-13(2-4-15)17-7-8-26-19(21(25)27)20(17)29-10-9-28-16-5-6-18(23)14(11-16)12-24/h1-6,9-12H,7-8H2,(H,26,27);1-8,11H,9-10H2,(H2,25,27).